The zero-order chi connectivity index (χ0) is 8.81. The van der Waals surface area contributed by atoms with Crippen molar-refractivity contribution < 1.29 is 5.11 Å². The Morgan fingerprint density at radius 2 is 2.42 bits per heavy atom. The minimum Gasteiger partial charge on any atom is -0.506 e. The van der Waals surface area contributed by atoms with Crippen LogP contribution in [0.2, 0.25) is 0 Å². The number of rotatable bonds is 3. The molecule has 3 heteroatoms. The van der Waals surface area contributed by atoms with Gasteiger partial charge < -0.3 is 10.4 Å². The Labute approximate surface area is 71.5 Å². The molecule has 0 bridgehead atoms. The molecule has 0 saturated heterocycles. The minimum absolute atomic E-state index is 0.177. The molecule has 2 N–H and O–H groups in total. The van der Waals surface area contributed by atoms with Crippen LogP contribution in [0.1, 0.15) is 5.69 Å². The molecule has 3 nitrogen and oxygen atoms in total. The van der Waals surface area contributed by atoms with E-state index in [2.05, 4.69) is 16.2 Å². The number of nitrogens with one attached hydrogen (secondary N) is 1. The van der Waals surface area contributed by atoms with E-state index >= 15 is 0 Å². The van der Waals surface area contributed by atoms with Gasteiger partial charge in [-0.3, -0.25) is 4.98 Å². The van der Waals surface area contributed by atoms with Gasteiger partial charge in [0.2, 0.25) is 0 Å². The summed E-state index contributed by atoms with van der Waals surface area (Å²) in [4.78, 5) is 3.97. The van der Waals surface area contributed by atoms with E-state index < -0.39 is 0 Å². The lowest BCUT2D eigenvalue weighted by Crippen LogP contribution is -2.13. The van der Waals surface area contributed by atoms with Crippen LogP contribution in [0.4, 0.5) is 0 Å². The molecule has 1 aromatic rings. The topological polar surface area (TPSA) is 45.1 Å². The molecule has 1 heterocycles. The van der Waals surface area contributed by atoms with Crippen LogP contribution in [0.25, 0.3) is 0 Å². The highest BCUT2D eigenvalue weighted by atomic mass is 16.3. The molecule has 1 aromatic heterocycles. The number of hydrogen-bond donors (Lipinski definition) is 2. The van der Waals surface area contributed by atoms with E-state index in [-0.39, 0.29) is 5.75 Å². The number of terminal acetylenes is 1. The van der Waals surface area contributed by atoms with E-state index in [1.54, 1.807) is 12.1 Å². The molecule has 0 saturated carbocycles. The summed E-state index contributed by atoms with van der Waals surface area (Å²) in [6.45, 7) is 1.16. The second-order valence-corrected chi connectivity index (χ2v) is 2.32. The lowest BCUT2D eigenvalue weighted by Gasteiger charge is -1.99. The number of hydrogen-bond acceptors (Lipinski definition) is 3. The van der Waals surface area contributed by atoms with E-state index in [0.29, 0.717) is 13.1 Å². The molecule has 0 aliphatic heterocycles. The van der Waals surface area contributed by atoms with Gasteiger partial charge >= 0.3 is 0 Å². The molecule has 0 aromatic carbocycles. The van der Waals surface area contributed by atoms with Gasteiger partial charge in [0.05, 0.1) is 18.4 Å². The Bertz CT molecular complexity index is 274. The van der Waals surface area contributed by atoms with Crippen LogP contribution < -0.4 is 5.32 Å². The zero-order valence-corrected chi connectivity index (χ0v) is 6.62. The van der Waals surface area contributed by atoms with Crippen LogP contribution >= 0.6 is 0 Å². The van der Waals surface area contributed by atoms with E-state index in [0.717, 1.165) is 5.69 Å². The van der Waals surface area contributed by atoms with Crippen molar-refractivity contribution in [3.05, 3.63) is 24.0 Å². The Morgan fingerprint density at radius 3 is 3.00 bits per heavy atom. The maximum atomic E-state index is 8.91. The first-order chi connectivity index (χ1) is 5.83. The Kier molecular flexibility index (Phi) is 3.12. The van der Waals surface area contributed by atoms with Crippen LogP contribution in [0, 0.1) is 12.3 Å². The van der Waals surface area contributed by atoms with Gasteiger partial charge in [-0.25, -0.2) is 0 Å². The van der Waals surface area contributed by atoms with Gasteiger partial charge in [-0.05, 0) is 12.1 Å². The largest absolute Gasteiger partial charge is 0.506 e. The predicted octanol–water partition coefficient (Wildman–Crippen LogP) is 0.510. The maximum Gasteiger partial charge on any atom is 0.133 e. The summed E-state index contributed by atoms with van der Waals surface area (Å²) in [5.41, 5.74) is 0.864. The molecule has 0 amide bonds. The van der Waals surface area contributed by atoms with Crippen molar-refractivity contribution in [3.63, 3.8) is 0 Å². The van der Waals surface area contributed by atoms with Crippen LogP contribution in [0.15, 0.2) is 18.3 Å². The van der Waals surface area contributed by atoms with Gasteiger partial charge in [-0.1, -0.05) is 5.92 Å². The molecule has 1 rings (SSSR count). The van der Waals surface area contributed by atoms with Crippen LogP contribution in [0.3, 0.4) is 0 Å². The summed E-state index contributed by atoms with van der Waals surface area (Å²) >= 11 is 0. The number of aromatic nitrogens is 1. The molecule has 0 aliphatic rings. The monoisotopic (exact) mass is 162 g/mol. The average molecular weight is 162 g/mol. The first-order valence-electron chi connectivity index (χ1n) is 3.61. The number of pyridine rings is 1. The fourth-order valence-electron chi connectivity index (χ4n) is 0.784. The normalized spacial score (nSPS) is 9.25. The van der Waals surface area contributed by atoms with Crippen molar-refractivity contribution in [3.8, 4) is 18.1 Å². The van der Waals surface area contributed by atoms with Crippen molar-refractivity contribution in [2.75, 3.05) is 6.54 Å². The van der Waals surface area contributed by atoms with E-state index in [9.17, 15) is 0 Å². The summed E-state index contributed by atoms with van der Waals surface area (Å²) in [6.07, 6.45) is 6.45. The second kappa shape index (κ2) is 4.37. The number of aromatic hydroxyl groups is 1. The molecule has 0 spiro atoms. The molecule has 0 aliphatic carbocycles. The average Bonchev–Trinajstić information content (AvgIpc) is 2.09. The molecule has 0 radical (unpaired) electrons. The Balaban J connectivity index is 2.43. The fourth-order valence-corrected chi connectivity index (χ4v) is 0.784. The van der Waals surface area contributed by atoms with Crippen molar-refractivity contribution in [2.24, 2.45) is 0 Å². The van der Waals surface area contributed by atoms with Gasteiger partial charge in [0.15, 0.2) is 0 Å². The summed E-state index contributed by atoms with van der Waals surface area (Å²) in [7, 11) is 0. The summed E-state index contributed by atoms with van der Waals surface area (Å²) in [5, 5.41) is 11.9. The SMILES string of the molecule is C#CCNCc1ccc(O)cn1. The molecule has 12 heavy (non-hydrogen) atoms. The second-order valence-electron chi connectivity index (χ2n) is 2.32. The van der Waals surface area contributed by atoms with Gasteiger partial charge in [0.1, 0.15) is 5.75 Å². The van der Waals surface area contributed by atoms with E-state index in [4.69, 9.17) is 11.5 Å². The quantitative estimate of drug-likeness (QED) is 0.503. The van der Waals surface area contributed by atoms with Gasteiger partial charge in [0, 0.05) is 6.54 Å². The first kappa shape index (κ1) is 8.57. The van der Waals surface area contributed by atoms with Crippen LogP contribution in [-0.2, 0) is 6.54 Å². The molecule has 0 atom stereocenters. The highest BCUT2D eigenvalue weighted by Gasteiger charge is 1.92. The van der Waals surface area contributed by atoms with Crippen molar-refractivity contribution in [2.45, 2.75) is 6.54 Å². The Hall–Kier alpha value is -1.53. The van der Waals surface area contributed by atoms with Crippen LogP contribution in [0.5, 0.6) is 5.75 Å². The molecular weight excluding hydrogens is 152 g/mol. The molecule has 0 unspecified atom stereocenters. The van der Waals surface area contributed by atoms with E-state index in [1.807, 2.05) is 0 Å². The molecule has 0 fully saturated rings. The predicted molar refractivity (Wildman–Crippen MR) is 46.4 cm³/mol. The van der Waals surface area contributed by atoms with Crippen molar-refractivity contribution in [1.29, 1.82) is 0 Å². The third-order valence-electron chi connectivity index (χ3n) is 1.34. The lowest BCUT2D eigenvalue weighted by molar-refractivity contribution is 0.472. The van der Waals surface area contributed by atoms with Crippen molar-refractivity contribution >= 4 is 0 Å². The van der Waals surface area contributed by atoms with Crippen molar-refractivity contribution in [1.82, 2.24) is 10.3 Å². The van der Waals surface area contributed by atoms with Gasteiger partial charge in [-0.2, -0.15) is 0 Å². The summed E-state index contributed by atoms with van der Waals surface area (Å²) in [5.74, 6) is 2.64. The molecule has 62 valence electrons. The van der Waals surface area contributed by atoms with Gasteiger partial charge in [0.25, 0.3) is 0 Å². The first-order valence-corrected chi connectivity index (χ1v) is 3.61. The fraction of sp³-hybridized carbons (Fsp3) is 0.222. The third kappa shape index (κ3) is 2.60. The lowest BCUT2D eigenvalue weighted by atomic mass is 10.3. The zero-order valence-electron chi connectivity index (χ0n) is 6.62. The van der Waals surface area contributed by atoms with E-state index in [1.165, 1.54) is 6.20 Å². The van der Waals surface area contributed by atoms with Gasteiger partial charge in [-0.15, -0.1) is 6.42 Å². The standard InChI is InChI=1S/C9H10N2O/c1-2-5-10-6-8-3-4-9(12)7-11-8/h1,3-4,7,10,12H,5-6H2. The third-order valence-corrected chi connectivity index (χ3v) is 1.34. The smallest absolute Gasteiger partial charge is 0.133 e. The number of nitrogens with zero attached hydrogens (tertiary/aromatic N) is 1. The summed E-state index contributed by atoms with van der Waals surface area (Å²) in [6, 6.07) is 3.35. The maximum absolute atomic E-state index is 8.91. The minimum atomic E-state index is 0.177. The highest BCUT2D eigenvalue weighted by molar-refractivity contribution is 5.17. The summed E-state index contributed by atoms with van der Waals surface area (Å²) < 4.78 is 0. The van der Waals surface area contributed by atoms with Crippen LogP contribution in [-0.4, -0.2) is 16.6 Å². The Morgan fingerprint density at radius 1 is 1.58 bits per heavy atom. The highest BCUT2D eigenvalue weighted by Crippen LogP contribution is 2.04. The molecular formula is C9H10N2O.